The highest BCUT2D eigenvalue weighted by Crippen LogP contribution is 2.21. The highest BCUT2D eigenvalue weighted by molar-refractivity contribution is 7.13. The molecule has 0 aliphatic heterocycles. The van der Waals surface area contributed by atoms with Crippen molar-refractivity contribution in [3.8, 4) is 10.7 Å². The number of thiazole rings is 1. The summed E-state index contributed by atoms with van der Waals surface area (Å²) in [5.74, 6) is -0.437. The minimum Gasteiger partial charge on any atom is -0.350 e. The van der Waals surface area contributed by atoms with Crippen LogP contribution in [0.2, 0.25) is 0 Å². The molecule has 2 aromatic heterocycles. The van der Waals surface area contributed by atoms with E-state index in [1.54, 1.807) is 13.1 Å². The molecule has 2 heterocycles. The molecule has 1 atom stereocenters. The van der Waals surface area contributed by atoms with Crippen molar-refractivity contribution in [1.29, 1.82) is 0 Å². The molecule has 0 aliphatic carbocycles. The first-order valence-electron chi connectivity index (χ1n) is 7.72. The van der Waals surface area contributed by atoms with Crippen molar-refractivity contribution in [3.05, 3.63) is 35.5 Å². The number of hydrogen-bond donors (Lipinski definition) is 2. The first-order chi connectivity index (χ1) is 11.2. The molecule has 0 saturated carbocycles. The van der Waals surface area contributed by atoms with E-state index in [1.165, 1.54) is 11.3 Å². The molecule has 0 saturated heterocycles. The van der Waals surface area contributed by atoms with Gasteiger partial charge in [-0.1, -0.05) is 6.07 Å². The summed E-state index contributed by atoms with van der Waals surface area (Å²) in [6.07, 6.45) is 1.84. The van der Waals surface area contributed by atoms with Gasteiger partial charge in [-0.05, 0) is 39.8 Å². The molecular weight excluding hydrogens is 324 g/mol. The first-order valence-corrected chi connectivity index (χ1v) is 8.60. The zero-order valence-corrected chi connectivity index (χ0v) is 15.1. The third kappa shape index (κ3) is 5.42. The minimum absolute atomic E-state index is 0.135. The molecule has 2 amide bonds. The van der Waals surface area contributed by atoms with Crippen LogP contribution in [0.4, 0.5) is 0 Å². The summed E-state index contributed by atoms with van der Waals surface area (Å²) in [6.45, 7) is 7.36. The number of amides is 2. The monoisotopic (exact) mass is 346 g/mol. The Bertz CT molecular complexity index is 707. The topological polar surface area (TPSA) is 84.0 Å². The number of aromatic nitrogens is 2. The van der Waals surface area contributed by atoms with E-state index in [1.807, 2.05) is 44.4 Å². The zero-order chi connectivity index (χ0) is 17.7. The van der Waals surface area contributed by atoms with Gasteiger partial charge >= 0.3 is 0 Å². The quantitative estimate of drug-likeness (QED) is 0.869. The second-order valence-corrected chi connectivity index (χ2v) is 7.42. The van der Waals surface area contributed by atoms with Crippen LogP contribution < -0.4 is 10.6 Å². The lowest BCUT2D eigenvalue weighted by atomic mass is 10.1. The van der Waals surface area contributed by atoms with E-state index >= 15 is 0 Å². The Morgan fingerprint density at radius 1 is 1.29 bits per heavy atom. The van der Waals surface area contributed by atoms with Crippen LogP contribution in [0.25, 0.3) is 10.7 Å². The Morgan fingerprint density at radius 2 is 2.04 bits per heavy atom. The summed E-state index contributed by atoms with van der Waals surface area (Å²) in [5.41, 5.74) is 1.12. The van der Waals surface area contributed by atoms with E-state index in [-0.39, 0.29) is 23.8 Å². The fourth-order valence-electron chi connectivity index (χ4n) is 2.00. The zero-order valence-electron chi connectivity index (χ0n) is 14.3. The highest BCUT2D eigenvalue weighted by Gasteiger charge is 2.21. The van der Waals surface area contributed by atoms with Gasteiger partial charge in [0.25, 0.3) is 0 Å². The van der Waals surface area contributed by atoms with Gasteiger partial charge in [0.05, 0.1) is 17.8 Å². The summed E-state index contributed by atoms with van der Waals surface area (Å²) < 4.78 is 0. The number of pyridine rings is 1. The van der Waals surface area contributed by atoms with Gasteiger partial charge in [0.2, 0.25) is 11.8 Å². The number of rotatable bonds is 5. The number of nitrogens with zero attached hydrogens (tertiary/aromatic N) is 2. The average Bonchev–Trinajstić information content (AvgIpc) is 2.94. The van der Waals surface area contributed by atoms with E-state index in [9.17, 15) is 9.59 Å². The van der Waals surface area contributed by atoms with E-state index in [2.05, 4.69) is 20.6 Å². The van der Waals surface area contributed by atoms with E-state index in [0.29, 0.717) is 5.69 Å². The standard InChI is InChI=1S/C17H22N4O2S/c1-11(15(23)21-17(2,3)4)19-14(22)9-12-10-24-16(20-12)13-7-5-6-8-18-13/h5-8,10-11H,9H2,1-4H3,(H,19,22)(H,21,23)/t11-/m1/s1. The fraction of sp³-hybridized carbons (Fsp3) is 0.412. The third-order valence-electron chi connectivity index (χ3n) is 3.05. The van der Waals surface area contributed by atoms with Gasteiger partial charge in [-0.2, -0.15) is 0 Å². The van der Waals surface area contributed by atoms with Crippen LogP contribution in [0.5, 0.6) is 0 Å². The summed E-state index contributed by atoms with van der Waals surface area (Å²) in [7, 11) is 0. The Hall–Kier alpha value is -2.28. The summed E-state index contributed by atoms with van der Waals surface area (Å²) in [6, 6.07) is 5.02. The van der Waals surface area contributed by atoms with Crippen molar-refractivity contribution >= 4 is 23.2 Å². The molecule has 2 N–H and O–H groups in total. The van der Waals surface area contributed by atoms with Gasteiger partial charge in [-0.15, -0.1) is 11.3 Å². The second-order valence-electron chi connectivity index (χ2n) is 6.56. The first kappa shape index (κ1) is 18.1. The van der Waals surface area contributed by atoms with Gasteiger partial charge < -0.3 is 10.6 Å². The molecule has 2 rings (SSSR count). The molecule has 0 aliphatic rings. The Morgan fingerprint density at radius 3 is 2.67 bits per heavy atom. The maximum absolute atomic E-state index is 12.1. The SMILES string of the molecule is C[C@@H](NC(=O)Cc1csc(-c2ccccn2)n1)C(=O)NC(C)(C)C. The molecule has 7 heteroatoms. The normalized spacial score (nSPS) is 12.5. The Balaban J connectivity index is 1.91. The van der Waals surface area contributed by atoms with Crippen LogP contribution in [0.1, 0.15) is 33.4 Å². The molecule has 24 heavy (non-hydrogen) atoms. The average molecular weight is 346 g/mol. The predicted octanol–water partition coefficient (Wildman–Crippen LogP) is 2.17. The third-order valence-corrected chi connectivity index (χ3v) is 3.96. The molecule has 0 unspecified atom stereocenters. The van der Waals surface area contributed by atoms with Gasteiger partial charge in [-0.3, -0.25) is 14.6 Å². The largest absolute Gasteiger partial charge is 0.350 e. The number of nitrogens with one attached hydrogen (secondary N) is 2. The van der Waals surface area contributed by atoms with E-state index in [0.717, 1.165) is 10.7 Å². The van der Waals surface area contributed by atoms with Crippen LogP contribution in [0.3, 0.4) is 0 Å². The molecular formula is C17H22N4O2S. The van der Waals surface area contributed by atoms with Crippen molar-refractivity contribution in [3.63, 3.8) is 0 Å². The molecule has 0 radical (unpaired) electrons. The highest BCUT2D eigenvalue weighted by atomic mass is 32.1. The molecule has 128 valence electrons. The van der Waals surface area contributed by atoms with Crippen LogP contribution in [-0.4, -0.2) is 33.4 Å². The molecule has 0 spiro atoms. The van der Waals surface area contributed by atoms with Crippen LogP contribution >= 0.6 is 11.3 Å². The maximum atomic E-state index is 12.1. The van der Waals surface area contributed by atoms with Gasteiger partial charge in [0, 0.05) is 17.1 Å². The van der Waals surface area contributed by atoms with E-state index < -0.39 is 6.04 Å². The fourth-order valence-corrected chi connectivity index (χ4v) is 2.79. The molecule has 0 aromatic carbocycles. The number of carbonyl (C=O) groups excluding carboxylic acids is 2. The van der Waals surface area contributed by atoms with Crippen molar-refractivity contribution < 1.29 is 9.59 Å². The Kier molecular flexibility index (Phi) is 5.66. The lowest BCUT2D eigenvalue weighted by Crippen LogP contribution is -2.51. The van der Waals surface area contributed by atoms with Crippen molar-refractivity contribution in [2.45, 2.75) is 45.7 Å². The predicted molar refractivity (Wildman–Crippen MR) is 94.5 cm³/mol. The van der Waals surface area contributed by atoms with E-state index in [4.69, 9.17) is 0 Å². The minimum atomic E-state index is -0.592. The number of carbonyl (C=O) groups is 2. The second kappa shape index (κ2) is 7.53. The lowest BCUT2D eigenvalue weighted by molar-refractivity contribution is -0.129. The van der Waals surface area contributed by atoms with Crippen molar-refractivity contribution in [1.82, 2.24) is 20.6 Å². The van der Waals surface area contributed by atoms with Gasteiger partial charge in [-0.25, -0.2) is 4.98 Å². The molecule has 6 nitrogen and oxygen atoms in total. The summed E-state index contributed by atoms with van der Waals surface area (Å²) in [5, 5.41) is 8.15. The summed E-state index contributed by atoms with van der Waals surface area (Å²) in [4.78, 5) is 32.8. The smallest absolute Gasteiger partial charge is 0.242 e. The Labute approximate surface area is 145 Å². The van der Waals surface area contributed by atoms with Crippen LogP contribution in [-0.2, 0) is 16.0 Å². The van der Waals surface area contributed by atoms with Crippen LogP contribution in [0, 0.1) is 0 Å². The van der Waals surface area contributed by atoms with Gasteiger partial charge in [0.15, 0.2) is 0 Å². The summed E-state index contributed by atoms with van der Waals surface area (Å²) >= 11 is 1.44. The van der Waals surface area contributed by atoms with Gasteiger partial charge in [0.1, 0.15) is 11.0 Å². The molecule has 0 bridgehead atoms. The molecule has 2 aromatic rings. The maximum Gasteiger partial charge on any atom is 0.242 e. The lowest BCUT2D eigenvalue weighted by Gasteiger charge is -2.23. The van der Waals surface area contributed by atoms with Crippen molar-refractivity contribution in [2.24, 2.45) is 0 Å². The van der Waals surface area contributed by atoms with Crippen molar-refractivity contribution in [2.75, 3.05) is 0 Å². The number of hydrogen-bond acceptors (Lipinski definition) is 5. The molecule has 0 fully saturated rings. The van der Waals surface area contributed by atoms with Crippen LogP contribution in [0.15, 0.2) is 29.8 Å².